The molecule has 0 atom stereocenters. The van der Waals surface area contributed by atoms with Gasteiger partial charge in [-0.2, -0.15) is 0 Å². The summed E-state index contributed by atoms with van der Waals surface area (Å²) in [6.07, 6.45) is 3.82. The number of aromatic nitrogens is 1. The van der Waals surface area contributed by atoms with Gasteiger partial charge in [0.2, 0.25) is 0 Å². The number of likely N-dealkylation sites (tertiary alicyclic amines) is 1. The number of ether oxygens (including phenoxy) is 1. The van der Waals surface area contributed by atoms with Gasteiger partial charge in [0.25, 0.3) is 5.91 Å². The highest BCUT2D eigenvalue weighted by Gasteiger charge is 2.39. The average molecular weight is 469 g/mol. The normalized spacial score (nSPS) is 18.4. The van der Waals surface area contributed by atoms with Crippen molar-refractivity contribution in [1.29, 1.82) is 0 Å². The fourth-order valence-electron chi connectivity index (χ4n) is 4.18. The molecule has 1 N–H and O–H groups in total. The lowest BCUT2D eigenvalue weighted by atomic mass is 9.95. The van der Waals surface area contributed by atoms with Crippen LogP contribution < -0.4 is 0 Å². The first-order chi connectivity index (χ1) is 15.4. The van der Waals surface area contributed by atoms with Crippen LogP contribution in [0.5, 0.6) is 0 Å². The molecule has 5 rings (SSSR count). The van der Waals surface area contributed by atoms with Crippen molar-refractivity contribution in [3.63, 3.8) is 0 Å². The molecule has 0 aliphatic carbocycles. The van der Waals surface area contributed by atoms with Gasteiger partial charge in [0.1, 0.15) is 0 Å². The summed E-state index contributed by atoms with van der Waals surface area (Å²) < 4.78 is 5.15. The van der Waals surface area contributed by atoms with E-state index in [-0.39, 0.29) is 19.1 Å². The van der Waals surface area contributed by atoms with Crippen molar-refractivity contribution in [2.24, 2.45) is 5.92 Å². The van der Waals surface area contributed by atoms with Gasteiger partial charge < -0.3 is 14.7 Å². The maximum absolute atomic E-state index is 12.9. The van der Waals surface area contributed by atoms with Gasteiger partial charge in [-0.05, 0) is 65.6 Å². The molecule has 2 aliphatic heterocycles. The van der Waals surface area contributed by atoms with E-state index in [1.165, 1.54) is 0 Å². The molecule has 2 fully saturated rings. The first-order valence-corrected chi connectivity index (χ1v) is 12.1. The number of piperidine rings is 1. The second-order valence-electron chi connectivity index (χ2n) is 8.82. The lowest BCUT2D eigenvalue weighted by molar-refractivity contribution is -0.186. The quantitative estimate of drug-likeness (QED) is 0.570. The molecule has 2 aliphatic rings. The van der Waals surface area contributed by atoms with Gasteiger partial charge >= 0.3 is 0 Å². The molecule has 0 radical (unpaired) electrons. The lowest BCUT2D eigenvalue weighted by Gasteiger charge is -2.35. The Kier molecular flexibility index (Phi) is 5.80. The monoisotopic (exact) mass is 468 g/mol. The van der Waals surface area contributed by atoms with E-state index in [1.54, 1.807) is 23.6 Å². The fraction of sp³-hybridized carbons (Fsp3) is 0.360. The summed E-state index contributed by atoms with van der Waals surface area (Å²) in [7, 11) is 0. The van der Waals surface area contributed by atoms with E-state index in [1.807, 2.05) is 29.2 Å². The Morgan fingerprint density at radius 2 is 1.97 bits per heavy atom. The molecule has 5 nitrogen and oxygen atoms in total. The molecule has 3 aromatic rings. The third-order valence-corrected chi connectivity index (χ3v) is 7.68. The zero-order chi connectivity index (χ0) is 22.3. The van der Waals surface area contributed by atoms with Crippen LogP contribution in [-0.2, 0) is 10.3 Å². The minimum Gasteiger partial charge on any atom is -0.379 e. The highest BCUT2D eigenvalue weighted by atomic mass is 35.5. The maximum atomic E-state index is 12.9. The van der Waals surface area contributed by atoms with Crippen molar-refractivity contribution >= 4 is 28.8 Å². The molecule has 0 saturated carbocycles. The van der Waals surface area contributed by atoms with Gasteiger partial charge in [-0.1, -0.05) is 24.6 Å². The molecule has 7 heteroatoms. The van der Waals surface area contributed by atoms with Crippen LogP contribution >= 0.6 is 22.9 Å². The molecule has 1 amide bonds. The minimum absolute atomic E-state index is 0.0550. The summed E-state index contributed by atoms with van der Waals surface area (Å²) >= 11 is 8.22. The van der Waals surface area contributed by atoms with Crippen LogP contribution in [0.1, 0.15) is 35.8 Å². The Balaban J connectivity index is 1.36. The number of nitrogens with zero attached hydrogens (tertiary/aromatic N) is 2. The van der Waals surface area contributed by atoms with Gasteiger partial charge in [-0.3, -0.25) is 9.78 Å². The molecule has 0 bridgehead atoms. The van der Waals surface area contributed by atoms with Crippen LogP contribution in [0, 0.1) is 5.92 Å². The van der Waals surface area contributed by atoms with Crippen molar-refractivity contribution in [1.82, 2.24) is 9.88 Å². The van der Waals surface area contributed by atoms with Crippen molar-refractivity contribution < 1.29 is 14.6 Å². The summed E-state index contributed by atoms with van der Waals surface area (Å²) in [5.41, 5.74) is 3.21. The first-order valence-electron chi connectivity index (χ1n) is 10.9. The third kappa shape index (κ3) is 4.08. The van der Waals surface area contributed by atoms with Crippen LogP contribution in [0.4, 0.5) is 0 Å². The molecule has 0 spiro atoms. The molecular weight excluding hydrogens is 444 g/mol. The summed E-state index contributed by atoms with van der Waals surface area (Å²) in [5.74, 6) is 0.735. The number of hydrogen-bond acceptors (Lipinski definition) is 5. The van der Waals surface area contributed by atoms with Crippen molar-refractivity contribution in [2.45, 2.75) is 25.4 Å². The Morgan fingerprint density at radius 1 is 1.19 bits per heavy atom. The summed E-state index contributed by atoms with van der Waals surface area (Å²) in [5, 5.41) is 13.2. The topological polar surface area (TPSA) is 62.7 Å². The fourth-order valence-corrected chi connectivity index (χ4v) is 5.48. The average Bonchev–Trinajstić information content (AvgIpc) is 3.27. The van der Waals surface area contributed by atoms with Crippen molar-refractivity contribution in [3.05, 3.63) is 64.3 Å². The smallest absolute Gasteiger partial charge is 0.253 e. The molecule has 166 valence electrons. The number of pyridine rings is 1. The predicted octanol–water partition coefficient (Wildman–Crippen LogP) is 5.22. The Morgan fingerprint density at radius 3 is 2.66 bits per heavy atom. The zero-order valence-corrected chi connectivity index (χ0v) is 19.5. The van der Waals surface area contributed by atoms with Crippen LogP contribution in [-0.4, -0.2) is 47.2 Å². The van der Waals surface area contributed by atoms with E-state index in [2.05, 4.69) is 23.4 Å². The van der Waals surface area contributed by atoms with Gasteiger partial charge in [0, 0.05) is 35.3 Å². The number of halogens is 1. The van der Waals surface area contributed by atoms with Gasteiger partial charge in [0.05, 0.1) is 23.9 Å². The first kappa shape index (κ1) is 21.6. The SMILES string of the molecule is CC1CCN(C(=O)c2ccc(-c3cc(-c4ccnc(C5(O)COC5)c4)cs3)c(Cl)c2)CC1. The summed E-state index contributed by atoms with van der Waals surface area (Å²) in [6, 6.07) is 11.5. The standard InChI is InChI=1S/C25H25ClN2O3S/c1-16-5-8-28(9-6-16)24(29)18-2-3-20(21(26)10-18)22-11-19(13-32-22)17-4-7-27-23(12-17)25(30)14-31-15-25/h2-4,7,10-13,16,30H,5-6,8-9,14-15H2,1H3. The summed E-state index contributed by atoms with van der Waals surface area (Å²) in [4.78, 5) is 20.2. The van der Waals surface area contributed by atoms with Crippen molar-refractivity contribution in [3.8, 4) is 21.6 Å². The van der Waals surface area contributed by atoms with E-state index in [0.717, 1.165) is 47.5 Å². The molecule has 0 unspecified atom stereocenters. The number of aliphatic hydroxyl groups is 1. The Hall–Kier alpha value is -2.25. The Labute approximate surface area is 196 Å². The molecule has 1 aromatic carbocycles. The van der Waals surface area contributed by atoms with Gasteiger partial charge in [0.15, 0.2) is 5.60 Å². The lowest BCUT2D eigenvalue weighted by Crippen LogP contribution is -2.47. The van der Waals surface area contributed by atoms with Crippen molar-refractivity contribution in [2.75, 3.05) is 26.3 Å². The van der Waals surface area contributed by atoms with Crippen LogP contribution in [0.15, 0.2) is 48.0 Å². The number of carbonyl (C=O) groups excluding carboxylic acids is 1. The van der Waals surface area contributed by atoms with Crippen LogP contribution in [0.25, 0.3) is 21.6 Å². The Bertz CT molecular complexity index is 1150. The third-order valence-electron chi connectivity index (χ3n) is 6.40. The molecular formula is C25H25ClN2O3S. The maximum Gasteiger partial charge on any atom is 0.253 e. The van der Waals surface area contributed by atoms with Crippen LogP contribution in [0.3, 0.4) is 0 Å². The molecule has 2 aromatic heterocycles. The molecule has 2 saturated heterocycles. The highest BCUT2D eigenvalue weighted by Crippen LogP contribution is 2.38. The van der Waals surface area contributed by atoms with E-state index in [9.17, 15) is 9.90 Å². The zero-order valence-electron chi connectivity index (χ0n) is 17.9. The second-order valence-corrected chi connectivity index (χ2v) is 10.1. The van der Waals surface area contributed by atoms with Gasteiger partial charge in [-0.15, -0.1) is 11.3 Å². The largest absolute Gasteiger partial charge is 0.379 e. The number of amides is 1. The number of carbonyl (C=O) groups is 1. The van der Waals surface area contributed by atoms with Crippen LogP contribution in [0.2, 0.25) is 5.02 Å². The number of benzene rings is 1. The summed E-state index contributed by atoms with van der Waals surface area (Å²) in [6.45, 7) is 4.40. The van der Waals surface area contributed by atoms with E-state index in [0.29, 0.717) is 22.2 Å². The van der Waals surface area contributed by atoms with E-state index in [4.69, 9.17) is 16.3 Å². The predicted molar refractivity (Wildman–Crippen MR) is 127 cm³/mol. The highest BCUT2D eigenvalue weighted by molar-refractivity contribution is 7.14. The van der Waals surface area contributed by atoms with E-state index >= 15 is 0 Å². The minimum atomic E-state index is -0.993. The second kappa shape index (κ2) is 8.60. The number of hydrogen-bond donors (Lipinski definition) is 1. The molecule has 4 heterocycles. The molecule has 32 heavy (non-hydrogen) atoms. The number of rotatable bonds is 4. The van der Waals surface area contributed by atoms with E-state index < -0.39 is 5.60 Å². The number of thiophene rings is 1. The van der Waals surface area contributed by atoms with Gasteiger partial charge in [-0.25, -0.2) is 0 Å².